The van der Waals surface area contributed by atoms with E-state index in [9.17, 15) is 14.4 Å². The standard InChI is InChI=1S/C21H23N3O3S/c1-13-22-18(12-28-13)14-6-8-15(9-7-14)23-19(25)10-11-24-20(26)16-4-2-3-5-17(16)21(24)27/h6-9,12,16-17H,2-5,10-11H2,1H3,(H,23,25)/t16-,17+. The molecule has 1 aromatic carbocycles. The van der Waals surface area contributed by atoms with Crippen LogP contribution in [0, 0.1) is 18.8 Å². The number of benzene rings is 1. The van der Waals surface area contributed by atoms with E-state index in [-0.39, 0.29) is 42.5 Å². The van der Waals surface area contributed by atoms with Crippen molar-refractivity contribution in [3.8, 4) is 11.3 Å². The first-order valence-electron chi connectivity index (χ1n) is 9.70. The summed E-state index contributed by atoms with van der Waals surface area (Å²) in [5.41, 5.74) is 2.61. The van der Waals surface area contributed by atoms with Crippen molar-refractivity contribution in [2.75, 3.05) is 11.9 Å². The highest BCUT2D eigenvalue weighted by molar-refractivity contribution is 7.09. The lowest BCUT2D eigenvalue weighted by Gasteiger charge is -2.19. The van der Waals surface area contributed by atoms with Crippen LogP contribution < -0.4 is 5.32 Å². The quantitative estimate of drug-likeness (QED) is 0.782. The lowest BCUT2D eigenvalue weighted by atomic mass is 9.81. The molecule has 1 saturated carbocycles. The molecule has 0 radical (unpaired) electrons. The van der Waals surface area contributed by atoms with E-state index in [0.29, 0.717) is 5.69 Å². The number of thiazole rings is 1. The van der Waals surface area contributed by atoms with Crippen molar-refractivity contribution in [3.05, 3.63) is 34.7 Å². The number of aromatic nitrogens is 1. The molecule has 1 aliphatic carbocycles. The molecule has 0 unspecified atom stereocenters. The molecule has 146 valence electrons. The molecule has 1 aliphatic heterocycles. The van der Waals surface area contributed by atoms with Crippen molar-refractivity contribution in [2.24, 2.45) is 11.8 Å². The normalized spacial score (nSPS) is 21.7. The smallest absolute Gasteiger partial charge is 0.233 e. The van der Waals surface area contributed by atoms with Gasteiger partial charge < -0.3 is 5.32 Å². The van der Waals surface area contributed by atoms with Gasteiger partial charge in [0.05, 0.1) is 22.5 Å². The third kappa shape index (κ3) is 3.71. The first-order chi connectivity index (χ1) is 13.5. The Bertz CT molecular complexity index is 882. The molecule has 2 atom stereocenters. The number of anilines is 1. The number of hydrogen-bond donors (Lipinski definition) is 1. The number of nitrogens with one attached hydrogen (secondary N) is 1. The molecule has 2 fully saturated rings. The second kappa shape index (κ2) is 7.83. The maximum absolute atomic E-state index is 12.5. The van der Waals surface area contributed by atoms with Gasteiger partial charge in [-0.15, -0.1) is 11.3 Å². The van der Waals surface area contributed by atoms with Gasteiger partial charge in [0.1, 0.15) is 0 Å². The highest BCUT2D eigenvalue weighted by Gasteiger charge is 2.47. The Kier molecular flexibility index (Phi) is 5.26. The van der Waals surface area contributed by atoms with E-state index in [4.69, 9.17) is 0 Å². The molecule has 6 nitrogen and oxygen atoms in total. The first kappa shape index (κ1) is 18.8. The number of nitrogens with zero attached hydrogens (tertiary/aromatic N) is 2. The number of imide groups is 1. The molecule has 2 heterocycles. The summed E-state index contributed by atoms with van der Waals surface area (Å²) in [5.74, 6) is -0.707. The number of fused-ring (bicyclic) bond motifs is 1. The van der Waals surface area contributed by atoms with Crippen LogP contribution in [0.25, 0.3) is 11.3 Å². The summed E-state index contributed by atoms with van der Waals surface area (Å²) >= 11 is 1.60. The second-order valence-corrected chi connectivity index (χ2v) is 8.52. The maximum atomic E-state index is 12.5. The fraction of sp³-hybridized carbons (Fsp3) is 0.429. The van der Waals surface area contributed by atoms with E-state index in [1.54, 1.807) is 11.3 Å². The van der Waals surface area contributed by atoms with Gasteiger partial charge in [-0.1, -0.05) is 25.0 Å². The van der Waals surface area contributed by atoms with Crippen molar-refractivity contribution >= 4 is 34.7 Å². The van der Waals surface area contributed by atoms with Crippen molar-refractivity contribution in [2.45, 2.75) is 39.0 Å². The topological polar surface area (TPSA) is 79.4 Å². The van der Waals surface area contributed by atoms with Gasteiger partial charge >= 0.3 is 0 Å². The minimum atomic E-state index is -0.201. The van der Waals surface area contributed by atoms with Crippen LogP contribution >= 0.6 is 11.3 Å². The predicted octanol–water partition coefficient (Wildman–Crippen LogP) is 3.62. The van der Waals surface area contributed by atoms with Gasteiger partial charge in [-0.2, -0.15) is 0 Å². The van der Waals surface area contributed by atoms with Crippen molar-refractivity contribution in [1.29, 1.82) is 0 Å². The summed E-state index contributed by atoms with van der Waals surface area (Å²) in [5, 5.41) is 5.85. The van der Waals surface area contributed by atoms with Crippen molar-refractivity contribution in [3.63, 3.8) is 0 Å². The van der Waals surface area contributed by atoms with Gasteiger partial charge in [-0.25, -0.2) is 4.98 Å². The third-order valence-electron chi connectivity index (χ3n) is 5.58. The Morgan fingerprint density at radius 3 is 2.36 bits per heavy atom. The van der Waals surface area contributed by atoms with Crippen LogP contribution in [0.1, 0.15) is 37.1 Å². The number of aryl methyl sites for hydroxylation is 1. The highest BCUT2D eigenvalue weighted by atomic mass is 32.1. The SMILES string of the molecule is Cc1nc(-c2ccc(NC(=O)CCN3C(=O)[C@H]4CCCC[C@H]4C3=O)cc2)cs1. The third-order valence-corrected chi connectivity index (χ3v) is 6.35. The summed E-state index contributed by atoms with van der Waals surface area (Å²) in [6, 6.07) is 7.51. The first-order valence-corrected chi connectivity index (χ1v) is 10.6. The number of carbonyl (C=O) groups is 3. The lowest BCUT2D eigenvalue weighted by Crippen LogP contribution is -2.34. The zero-order valence-electron chi connectivity index (χ0n) is 15.8. The minimum absolute atomic E-state index is 0.0922. The Morgan fingerprint density at radius 2 is 1.79 bits per heavy atom. The Balaban J connectivity index is 1.32. The Hall–Kier alpha value is -2.54. The van der Waals surface area contributed by atoms with Crippen LogP contribution in [0.4, 0.5) is 5.69 Å². The van der Waals surface area contributed by atoms with Crippen molar-refractivity contribution in [1.82, 2.24) is 9.88 Å². The number of hydrogen-bond acceptors (Lipinski definition) is 5. The fourth-order valence-electron chi connectivity index (χ4n) is 4.11. The van der Waals surface area contributed by atoms with E-state index < -0.39 is 0 Å². The predicted molar refractivity (Wildman–Crippen MR) is 108 cm³/mol. The molecule has 7 heteroatoms. The maximum Gasteiger partial charge on any atom is 0.233 e. The van der Waals surface area contributed by atoms with E-state index in [0.717, 1.165) is 41.9 Å². The van der Waals surface area contributed by atoms with Gasteiger partial charge in [-0.05, 0) is 31.9 Å². The van der Waals surface area contributed by atoms with Crippen LogP contribution in [0.3, 0.4) is 0 Å². The van der Waals surface area contributed by atoms with Crippen LogP contribution in [0.2, 0.25) is 0 Å². The van der Waals surface area contributed by atoms with Gasteiger partial charge in [0.25, 0.3) is 0 Å². The molecular weight excluding hydrogens is 374 g/mol. The monoisotopic (exact) mass is 397 g/mol. The van der Waals surface area contributed by atoms with Crippen LogP contribution in [0.5, 0.6) is 0 Å². The molecule has 2 aliphatic rings. The van der Waals surface area contributed by atoms with Gasteiger partial charge in [0.15, 0.2) is 0 Å². The molecule has 1 aromatic heterocycles. The fourth-order valence-corrected chi connectivity index (χ4v) is 4.73. The number of amides is 3. The zero-order valence-corrected chi connectivity index (χ0v) is 16.6. The largest absolute Gasteiger partial charge is 0.326 e. The second-order valence-electron chi connectivity index (χ2n) is 7.45. The van der Waals surface area contributed by atoms with Crippen LogP contribution in [-0.4, -0.2) is 34.2 Å². The molecule has 1 saturated heterocycles. The highest BCUT2D eigenvalue weighted by Crippen LogP contribution is 2.38. The molecule has 3 amide bonds. The van der Waals surface area contributed by atoms with Crippen LogP contribution in [-0.2, 0) is 14.4 Å². The van der Waals surface area contributed by atoms with Crippen molar-refractivity contribution < 1.29 is 14.4 Å². The molecule has 4 rings (SSSR count). The molecule has 0 spiro atoms. The number of carbonyl (C=O) groups excluding carboxylic acids is 3. The number of likely N-dealkylation sites (tertiary alicyclic amines) is 1. The summed E-state index contributed by atoms with van der Waals surface area (Å²) in [4.78, 5) is 43.0. The van der Waals surface area contributed by atoms with Gasteiger partial charge in [-0.3, -0.25) is 19.3 Å². The van der Waals surface area contributed by atoms with E-state index in [1.807, 2.05) is 36.6 Å². The van der Waals surface area contributed by atoms with Gasteiger partial charge in [0.2, 0.25) is 17.7 Å². The lowest BCUT2D eigenvalue weighted by molar-refractivity contribution is -0.140. The average Bonchev–Trinajstić information content (AvgIpc) is 3.23. The summed E-state index contributed by atoms with van der Waals surface area (Å²) in [6.07, 6.45) is 3.71. The Morgan fingerprint density at radius 1 is 1.14 bits per heavy atom. The minimum Gasteiger partial charge on any atom is -0.326 e. The van der Waals surface area contributed by atoms with E-state index in [2.05, 4.69) is 10.3 Å². The van der Waals surface area contributed by atoms with Gasteiger partial charge in [0, 0.05) is 29.6 Å². The van der Waals surface area contributed by atoms with E-state index in [1.165, 1.54) is 4.90 Å². The Labute approximate surface area is 168 Å². The summed E-state index contributed by atoms with van der Waals surface area (Å²) < 4.78 is 0. The molecule has 28 heavy (non-hydrogen) atoms. The molecule has 1 N–H and O–H groups in total. The number of rotatable bonds is 5. The zero-order chi connectivity index (χ0) is 19.7. The molecule has 2 aromatic rings. The van der Waals surface area contributed by atoms with Crippen LogP contribution in [0.15, 0.2) is 29.6 Å². The summed E-state index contributed by atoms with van der Waals surface area (Å²) in [7, 11) is 0. The van der Waals surface area contributed by atoms with E-state index >= 15 is 0 Å². The molecular formula is C21H23N3O3S. The molecule has 0 bridgehead atoms. The average molecular weight is 398 g/mol. The summed E-state index contributed by atoms with van der Waals surface area (Å²) in [6.45, 7) is 2.13.